The summed E-state index contributed by atoms with van der Waals surface area (Å²) >= 11 is 6.36. The molecule has 3 fully saturated rings. The number of hydrogen-bond donors (Lipinski definition) is 4. The molecule has 5 N–H and O–H groups in total. The molecule has 8 heteroatoms. The number of nitrogens with two attached hydrogens (primary N) is 1. The maximum absolute atomic E-state index is 12.5. The van der Waals surface area contributed by atoms with Gasteiger partial charge in [-0.25, -0.2) is 0 Å². The third-order valence-electron chi connectivity index (χ3n) is 6.79. The second-order valence-corrected chi connectivity index (χ2v) is 9.41. The molecule has 30 heavy (non-hydrogen) atoms. The van der Waals surface area contributed by atoms with Gasteiger partial charge in [0.2, 0.25) is 5.91 Å². The first-order chi connectivity index (χ1) is 14.4. The van der Waals surface area contributed by atoms with E-state index in [1.54, 1.807) is 0 Å². The lowest BCUT2D eigenvalue weighted by molar-refractivity contribution is -0.124. The van der Waals surface area contributed by atoms with E-state index in [2.05, 4.69) is 33.0 Å². The third kappa shape index (κ3) is 4.48. The van der Waals surface area contributed by atoms with E-state index in [-0.39, 0.29) is 30.2 Å². The minimum atomic E-state index is -0.788. The van der Waals surface area contributed by atoms with E-state index in [0.717, 1.165) is 48.6 Å². The van der Waals surface area contributed by atoms with Gasteiger partial charge in [-0.2, -0.15) is 5.26 Å². The van der Waals surface area contributed by atoms with Gasteiger partial charge in [-0.05, 0) is 49.8 Å². The minimum Gasteiger partial charge on any atom is -0.354 e. The molecule has 2 heterocycles. The number of aryl methyl sites for hydroxylation is 1. The third-order valence-corrected chi connectivity index (χ3v) is 7.20. The summed E-state index contributed by atoms with van der Waals surface area (Å²) in [4.78, 5) is 14.9. The van der Waals surface area contributed by atoms with Crippen LogP contribution in [-0.4, -0.2) is 49.2 Å². The lowest BCUT2D eigenvalue weighted by Crippen LogP contribution is -2.64. The van der Waals surface area contributed by atoms with Crippen LogP contribution in [0.15, 0.2) is 18.2 Å². The van der Waals surface area contributed by atoms with Crippen LogP contribution in [0, 0.1) is 29.6 Å². The van der Waals surface area contributed by atoms with Gasteiger partial charge in [0.1, 0.15) is 5.41 Å². The molecule has 7 nitrogen and oxygen atoms in total. The first kappa shape index (κ1) is 21.5. The van der Waals surface area contributed by atoms with Gasteiger partial charge >= 0.3 is 0 Å². The van der Waals surface area contributed by atoms with Crippen molar-refractivity contribution >= 4 is 17.5 Å². The number of nitrogens with zero attached hydrogens (tertiary/aromatic N) is 2. The quantitative estimate of drug-likeness (QED) is 0.565. The van der Waals surface area contributed by atoms with Gasteiger partial charge in [0.05, 0.1) is 18.4 Å². The van der Waals surface area contributed by atoms with Crippen LogP contribution >= 0.6 is 11.6 Å². The summed E-state index contributed by atoms with van der Waals surface area (Å²) in [7, 11) is 0. The number of carbonyl (C=O) groups excluding carboxylic acids is 1. The standard InChI is InChI=1S/C22H31ClN6O/c1-14-2-3-15(10-18(14)23)19-26-11-16(12-27-21(30)22(13-24)6-7-22)20(28-19)29-8-4-17(25)5-9-29/h2-3,10,16-17,19-20,26,28H,4-9,11-12,25H2,1H3,(H,27,30). The number of nitriles is 1. The van der Waals surface area contributed by atoms with Gasteiger partial charge in [0.15, 0.2) is 0 Å². The molecular weight excluding hydrogens is 400 g/mol. The zero-order chi connectivity index (χ0) is 21.3. The molecule has 0 bridgehead atoms. The largest absolute Gasteiger partial charge is 0.354 e. The molecule has 0 spiro atoms. The molecule has 1 aromatic carbocycles. The number of amides is 1. The molecule has 3 unspecified atom stereocenters. The van der Waals surface area contributed by atoms with Crippen molar-refractivity contribution in [2.45, 2.75) is 51.0 Å². The van der Waals surface area contributed by atoms with Gasteiger partial charge in [-0.1, -0.05) is 23.7 Å². The van der Waals surface area contributed by atoms with Crippen LogP contribution in [0.1, 0.15) is 43.0 Å². The summed E-state index contributed by atoms with van der Waals surface area (Å²) in [6.45, 7) is 5.17. The average Bonchev–Trinajstić information content (AvgIpc) is 3.56. The Labute approximate surface area is 183 Å². The molecule has 0 aromatic heterocycles. The molecule has 2 aliphatic heterocycles. The molecule has 3 atom stereocenters. The Morgan fingerprint density at radius 3 is 2.77 bits per heavy atom. The Kier molecular flexibility index (Phi) is 6.33. The minimum absolute atomic E-state index is 0.00969. The lowest BCUT2D eigenvalue weighted by Gasteiger charge is -2.46. The van der Waals surface area contributed by atoms with Crippen LogP contribution in [0.2, 0.25) is 5.02 Å². The van der Waals surface area contributed by atoms with Gasteiger partial charge in [0, 0.05) is 43.2 Å². The van der Waals surface area contributed by atoms with Crippen molar-refractivity contribution in [3.05, 3.63) is 34.3 Å². The second kappa shape index (κ2) is 8.81. The predicted molar refractivity (Wildman–Crippen MR) is 116 cm³/mol. The van der Waals surface area contributed by atoms with Crippen LogP contribution in [0.4, 0.5) is 0 Å². The number of carbonyl (C=O) groups is 1. The van der Waals surface area contributed by atoms with Gasteiger partial charge in [-0.3, -0.25) is 20.3 Å². The Morgan fingerprint density at radius 2 is 2.13 bits per heavy atom. The Balaban J connectivity index is 1.46. The van der Waals surface area contributed by atoms with Crippen molar-refractivity contribution in [1.29, 1.82) is 5.26 Å². The van der Waals surface area contributed by atoms with E-state index in [1.165, 1.54) is 0 Å². The van der Waals surface area contributed by atoms with Gasteiger partial charge in [-0.15, -0.1) is 0 Å². The average molecular weight is 431 g/mol. The summed E-state index contributed by atoms with van der Waals surface area (Å²) < 4.78 is 0. The first-order valence-corrected chi connectivity index (χ1v) is 11.2. The smallest absolute Gasteiger partial charge is 0.240 e. The molecule has 1 amide bonds. The number of hydrogen-bond acceptors (Lipinski definition) is 6. The first-order valence-electron chi connectivity index (χ1n) is 10.9. The summed E-state index contributed by atoms with van der Waals surface area (Å²) in [5.74, 6) is 0.0618. The topological polar surface area (TPSA) is 106 Å². The monoisotopic (exact) mass is 430 g/mol. The number of likely N-dealkylation sites (tertiary alicyclic amines) is 1. The Morgan fingerprint density at radius 1 is 1.40 bits per heavy atom. The van der Waals surface area contributed by atoms with Crippen molar-refractivity contribution in [3.63, 3.8) is 0 Å². The summed E-state index contributed by atoms with van der Waals surface area (Å²) in [5.41, 5.74) is 7.49. The van der Waals surface area contributed by atoms with E-state index in [0.29, 0.717) is 19.4 Å². The van der Waals surface area contributed by atoms with E-state index in [4.69, 9.17) is 17.3 Å². The maximum atomic E-state index is 12.5. The fraction of sp³-hybridized carbons (Fsp3) is 0.636. The van der Waals surface area contributed by atoms with Crippen molar-refractivity contribution in [2.24, 2.45) is 17.1 Å². The molecular formula is C22H31ClN6O. The zero-order valence-electron chi connectivity index (χ0n) is 17.5. The van der Waals surface area contributed by atoms with Crippen LogP contribution in [0.5, 0.6) is 0 Å². The normalized spacial score (nSPS) is 29.2. The molecule has 1 aromatic rings. The van der Waals surface area contributed by atoms with E-state index in [9.17, 15) is 10.1 Å². The van der Waals surface area contributed by atoms with Crippen molar-refractivity contribution < 1.29 is 4.79 Å². The highest BCUT2D eigenvalue weighted by atomic mass is 35.5. The lowest BCUT2D eigenvalue weighted by atomic mass is 9.96. The van der Waals surface area contributed by atoms with Gasteiger partial charge in [0.25, 0.3) is 0 Å². The summed E-state index contributed by atoms with van der Waals surface area (Å²) in [6, 6.07) is 8.59. The zero-order valence-corrected chi connectivity index (χ0v) is 18.2. The molecule has 0 radical (unpaired) electrons. The Hall–Kier alpha value is -1.69. The summed E-state index contributed by atoms with van der Waals surface area (Å²) in [6.07, 6.45) is 3.39. The number of rotatable bonds is 5. The highest BCUT2D eigenvalue weighted by molar-refractivity contribution is 6.31. The number of benzene rings is 1. The van der Waals surface area contributed by atoms with Crippen LogP contribution in [0.25, 0.3) is 0 Å². The highest BCUT2D eigenvalue weighted by Gasteiger charge is 2.50. The fourth-order valence-corrected chi connectivity index (χ4v) is 4.63. The van der Waals surface area contributed by atoms with Crippen LogP contribution in [-0.2, 0) is 4.79 Å². The molecule has 162 valence electrons. The fourth-order valence-electron chi connectivity index (χ4n) is 4.44. The molecule has 1 saturated carbocycles. The number of nitrogens with one attached hydrogen (secondary N) is 3. The van der Waals surface area contributed by atoms with E-state index >= 15 is 0 Å². The summed E-state index contributed by atoms with van der Waals surface area (Å²) in [5, 5.41) is 20.4. The highest BCUT2D eigenvalue weighted by Crippen LogP contribution is 2.45. The van der Waals surface area contributed by atoms with Crippen LogP contribution in [0.3, 0.4) is 0 Å². The number of piperidine rings is 1. The predicted octanol–water partition coefficient (Wildman–Crippen LogP) is 1.63. The van der Waals surface area contributed by atoms with Crippen molar-refractivity contribution in [2.75, 3.05) is 26.2 Å². The van der Waals surface area contributed by atoms with Crippen LogP contribution < -0.4 is 21.7 Å². The van der Waals surface area contributed by atoms with Crippen molar-refractivity contribution in [1.82, 2.24) is 20.9 Å². The molecule has 3 aliphatic rings. The molecule has 1 aliphatic carbocycles. The van der Waals surface area contributed by atoms with Gasteiger partial charge < -0.3 is 11.1 Å². The van der Waals surface area contributed by atoms with Crippen molar-refractivity contribution in [3.8, 4) is 6.07 Å². The second-order valence-electron chi connectivity index (χ2n) is 9.00. The Bertz CT molecular complexity index is 827. The molecule has 4 rings (SSSR count). The maximum Gasteiger partial charge on any atom is 0.240 e. The van der Waals surface area contributed by atoms with E-state index in [1.807, 2.05) is 19.1 Å². The molecule has 2 saturated heterocycles. The SMILES string of the molecule is Cc1ccc(C2NCC(CNC(=O)C3(C#N)CC3)C(N3CCC(N)CC3)N2)cc1Cl. The van der Waals surface area contributed by atoms with E-state index < -0.39 is 5.41 Å². The number of halogens is 1.